The van der Waals surface area contributed by atoms with E-state index in [1.807, 2.05) is 20.8 Å². The second-order valence-electron chi connectivity index (χ2n) is 5.13. The fourth-order valence-electron chi connectivity index (χ4n) is 1.96. The Morgan fingerprint density at radius 2 is 1.75 bits per heavy atom. The third-order valence-electron chi connectivity index (χ3n) is 3.55. The zero-order chi connectivity index (χ0) is 15.2. The second kappa shape index (κ2) is 4.94. The minimum Gasteiger partial charge on any atom is -0.305 e. The maximum atomic E-state index is 12.3. The van der Waals surface area contributed by atoms with Gasteiger partial charge in [0.2, 0.25) is 5.28 Å². The van der Waals surface area contributed by atoms with Gasteiger partial charge in [-0.25, -0.2) is 4.79 Å². The predicted octanol–water partition coefficient (Wildman–Crippen LogP) is 1.44. The lowest BCUT2D eigenvalue weighted by atomic mass is 10.2. The first kappa shape index (κ1) is 14.6. The van der Waals surface area contributed by atoms with Crippen molar-refractivity contribution in [1.29, 1.82) is 0 Å². The Kier molecular flexibility index (Phi) is 3.60. The summed E-state index contributed by atoms with van der Waals surface area (Å²) in [6.45, 7) is 6.45. The normalized spacial score (nSPS) is 11.1. The van der Waals surface area contributed by atoms with Crippen LogP contribution in [-0.2, 0) is 20.6 Å². The highest BCUT2D eigenvalue weighted by atomic mass is 35.5. The molecule has 0 fully saturated rings. The lowest BCUT2D eigenvalue weighted by molar-refractivity contribution is 0.701. The summed E-state index contributed by atoms with van der Waals surface area (Å²) in [5.41, 5.74) is 2.11. The molecule has 108 valence electrons. The Balaban J connectivity index is 2.88. The number of nitrogens with zero attached hydrogens (tertiary/aromatic N) is 4. The molecule has 0 spiro atoms. The van der Waals surface area contributed by atoms with Crippen molar-refractivity contribution in [2.24, 2.45) is 14.1 Å². The first-order valence-corrected chi connectivity index (χ1v) is 6.58. The summed E-state index contributed by atoms with van der Waals surface area (Å²) >= 11 is 6.13. The van der Waals surface area contributed by atoms with E-state index in [1.165, 1.54) is 11.6 Å². The summed E-state index contributed by atoms with van der Waals surface area (Å²) in [5.74, 6) is 0. The number of rotatable bonds is 2. The molecule has 0 aliphatic carbocycles. The van der Waals surface area contributed by atoms with Gasteiger partial charge < -0.3 is 4.57 Å². The van der Waals surface area contributed by atoms with Crippen LogP contribution in [0.25, 0.3) is 11.2 Å². The lowest BCUT2D eigenvalue weighted by Gasteiger charge is -2.09. The van der Waals surface area contributed by atoms with Gasteiger partial charge in [-0.3, -0.25) is 13.9 Å². The van der Waals surface area contributed by atoms with Crippen LogP contribution in [0, 0.1) is 0 Å². The average Bonchev–Trinajstić information content (AvgIpc) is 2.71. The van der Waals surface area contributed by atoms with Gasteiger partial charge in [-0.1, -0.05) is 11.1 Å². The molecule has 2 aromatic heterocycles. The van der Waals surface area contributed by atoms with Crippen LogP contribution in [0.5, 0.6) is 0 Å². The Hall–Kier alpha value is -1.82. The van der Waals surface area contributed by atoms with Crippen LogP contribution >= 0.6 is 11.6 Å². The SMILES string of the molecule is CC(C)=C(C)Cn1c(Cl)nc2c1c(=O)n(C)c(=O)n2C. The summed E-state index contributed by atoms with van der Waals surface area (Å²) < 4.78 is 4.03. The molecule has 0 N–H and O–H groups in total. The molecule has 0 amide bonds. The molecule has 7 heteroatoms. The molecule has 2 aromatic rings. The van der Waals surface area contributed by atoms with Crippen LogP contribution in [0.2, 0.25) is 5.28 Å². The van der Waals surface area contributed by atoms with Gasteiger partial charge >= 0.3 is 5.69 Å². The molecule has 0 bridgehead atoms. The summed E-state index contributed by atoms with van der Waals surface area (Å²) in [6, 6.07) is 0. The smallest absolute Gasteiger partial charge is 0.305 e. The van der Waals surface area contributed by atoms with Crippen molar-refractivity contribution in [3.63, 3.8) is 0 Å². The van der Waals surface area contributed by atoms with E-state index in [1.54, 1.807) is 11.6 Å². The standard InChI is InChI=1S/C13H17ClN4O2/c1-7(2)8(3)6-18-9-10(15-12(18)14)16(4)13(20)17(5)11(9)19/h6H2,1-5H3. The van der Waals surface area contributed by atoms with Gasteiger partial charge in [0.15, 0.2) is 11.2 Å². The molecule has 0 unspecified atom stereocenters. The fourth-order valence-corrected chi connectivity index (χ4v) is 2.18. The number of halogens is 1. The van der Waals surface area contributed by atoms with E-state index in [2.05, 4.69) is 4.98 Å². The van der Waals surface area contributed by atoms with Crippen molar-refractivity contribution in [3.05, 3.63) is 37.3 Å². The molecule has 0 saturated heterocycles. The number of allylic oxidation sites excluding steroid dienone is 2. The molecule has 20 heavy (non-hydrogen) atoms. The first-order chi connectivity index (χ1) is 9.25. The van der Waals surface area contributed by atoms with E-state index >= 15 is 0 Å². The molecule has 0 atom stereocenters. The van der Waals surface area contributed by atoms with E-state index in [0.717, 1.165) is 15.7 Å². The molecule has 0 radical (unpaired) electrons. The van der Waals surface area contributed by atoms with Crippen LogP contribution in [-0.4, -0.2) is 18.7 Å². The maximum absolute atomic E-state index is 12.3. The molecule has 2 heterocycles. The Labute approximate surface area is 120 Å². The van der Waals surface area contributed by atoms with Gasteiger partial charge in [-0.15, -0.1) is 0 Å². The molecular formula is C13H17ClN4O2. The number of hydrogen-bond acceptors (Lipinski definition) is 3. The van der Waals surface area contributed by atoms with E-state index in [0.29, 0.717) is 17.7 Å². The highest BCUT2D eigenvalue weighted by Gasteiger charge is 2.18. The van der Waals surface area contributed by atoms with E-state index in [9.17, 15) is 9.59 Å². The molecular weight excluding hydrogens is 280 g/mol. The Morgan fingerprint density at radius 1 is 1.15 bits per heavy atom. The van der Waals surface area contributed by atoms with Gasteiger partial charge in [0.25, 0.3) is 5.56 Å². The zero-order valence-corrected chi connectivity index (χ0v) is 12.9. The molecule has 6 nitrogen and oxygen atoms in total. The van der Waals surface area contributed by atoms with Gasteiger partial charge in [0.05, 0.1) is 0 Å². The third-order valence-corrected chi connectivity index (χ3v) is 3.84. The minimum absolute atomic E-state index is 0.207. The van der Waals surface area contributed by atoms with Gasteiger partial charge in [0, 0.05) is 20.6 Å². The van der Waals surface area contributed by atoms with E-state index in [4.69, 9.17) is 11.6 Å². The number of aromatic nitrogens is 4. The summed E-state index contributed by atoms with van der Waals surface area (Å²) in [7, 11) is 3.02. The maximum Gasteiger partial charge on any atom is 0.332 e. The van der Waals surface area contributed by atoms with Crippen LogP contribution < -0.4 is 11.2 Å². The predicted molar refractivity (Wildman–Crippen MR) is 79.3 cm³/mol. The van der Waals surface area contributed by atoms with Crippen molar-refractivity contribution in [3.8, 4) is 0 Å². The number of hydrogen-bond donors (Lipinski definition) is 0. The number of imidazole rings is 1. The van der Waals surface area contributed by atoms with Crippen LogP contribution in [0.3, 0.4) is 0 Å². The summed E-state index contributed by atoms with van der Waals surface area (Å²) in [4.78, 5) is 28.3. The average molecular weight is 297 g/mol. The highest BCUT2D eigenvalue weighted by molar-refractivity contribution is 6.29. The molecule has 0 aliphatic rings. The molecule has 0 aliphatic heterocycles. The minimum atomic E-state index is -0.414. The highest BCUT2D eigenvalue weighted by Crippen LogP contribution is 2.18. The van der Waals surface area contributed by atoms with Crippen LogP contribution in [0.4, 0.5) is 0 Å². The van der Waals surface area contributed by atoms with Crippen molar-refractivity contribution in [2.75, 3.05) is 0 Å². The largest absolute Gasteiger partial charge is 0.332 e. The van der Waals surface area contributed by atoms with Gasteiger partial charge in [0.1, 0.15) is 0 Å². The zero-order valence-electron chi connectivity index (χ0n) is 12.2. The Morgan fingerprint density at radius 3 is 2.30 bits per heavy atom. The van der Waals surface area contributed by atoms with E-state index < -0.39 is 5.69 Å². The Bertz CT molecular complexity index is 835. The summed E-state index contributed by atoms with van der Waals surface area (Å²) in [6.07, 6.45) is 0. The quantitative estimate of drug-likeness (QED) is 0.622. The topological polar surface area (TPSA) is 61.8 Å². The van der Waals surface area contributed by atoms with Crippen LogP contribution in [0.15, 0.2) is 20.7 Å². The number of fused-ring (bicyclic) bond motifs is 1. The monoisotopic (exact) mass is 296 g/mol. The molecule has 2 rings (SSSR count). The van der Waals surface area contributed by atoms with Gasteiger partial charge in [-0.2, -0.15) is 4.98 Å². The second-order valence-corrected chi connectivity index (χ2v) is 5.46. The van der Waals surface area contributed by atoms with E-state index in [-0.39, 0.29) is 10.8 Å². The summed E-state index contributed by atoms with van der Waals surface area (Å²) in [5, 5.41) is 0.207. The molecule has 0 aromatic carbocycles. The third kappa shape index (κ3) is 2.10. The number of aryl methyl sites for hydroxylation is 1. The molecule has 0 saturated carbocycles. The van der Waals surface area contributed by atoms with Crippen LogP contribution in [0.1, 0.15) is 20.8 Å². The van der Waals surface area contributed by atoms with Crippen molar-refractivity contribution in [2.45, 2.75) is 27.3 Å². The van der Waals surface area contributed by atoms with Gasteiger partial charge in [-0.05, 0) is 32.4 Å². The van der Waals surface area contributed by atoms with Crippen molar-refractivity contribution < 1.29 is 0 Å². The first-order valence-electron chi connectivity index (χ1n) is 6.20. The van der Waals surface area contributed by atoms with Crippen molar-refractivity contribution in [1.82, 2.24) is 18.7 Å². The van der Waals surface area contributed by atoms with Crippen molar-refractivity contribution >= 4 is 22.8 Å². The lowest BCUT2D eigenvalue weighted by Crippen LogP contribution is -2.37. The fraction of sp³-hybridized carbons (Fsp3) is 0.462.